The summed E-state index contributed by atoms with van der Waals surface area (Å²) >= 11 is 4.76. The number of aliphatic hydroxyl groups excluding tert-OH is 1. The Labute approximate surface area is 101 Å². The average Bonchev–Trinajstić information content (AvgIpc) is 2.65. The van der Waals surface area contributed by atoms with Gasteiger partial charge in [-0.05, 0) is 33.8 Å². The Bertz CT molecular complexity index is 337. The van der Waals surface area contributed by atoms with Gasteiger partial charge in [-0.2, -0.15) is 0 Å². The number of carbonyl (C=O) groups excluding carboxylic acids is 1. The minimum Gasteiger partial charge on any atom is -0.469 e. The molecule has 0 saturated heterocycles. The number of halogens is 1. The monoisotopic (exact) mass is 292 g/mol. The van der Waals surface area contributed by atoms with E-state index in [2.05, 4.69) is 20.7 Å². The molecular weight excluding hydrogens is 280 g/mol. The summed E-state index contributed by atoms with van der Waals surface area (Å²) in [6, 6.07) is 1.85. The summed E-state index contributed by atoms with van der Waals surface area (Å²) in [7, 11) is 1.33. The molecule has 0 aromatic carbocycles. The predicted molar refractivity (Wildman–Crippen MR) is 62.8 cm³/mol. The molecule has 0 saturated carbocycles. The van der Waals surface area contributed by atoms with Gasteiger partial charge in [0.05, 0.1) is 13.0 Å². The Balaban J connectivity index is 2.86. The van der Waals surface area contributed by atoms with Crippen molar-refractivity contribution in [3.05, 3.63) is 20.8 Å². The number of methoxy groups -OCH3 is 1. The summed E-state index contributed by atoms with van der Waals surface area (Å²) in [5.74, 6) is -0.866. The molecule has 1 rings (SSSR count). The summed E-state index contributed by atoms with van der Waals surface area (Å²) in [5, 5.41) is 11.9. The number of carbonyl (C=O) groups is 1. The fourth-order valence-corrected chi connectivity index (χ4v) is 3.03. The van der Waals surface area contributed by atoms with Gasteiger partial charge in [-0.25, -0.2) is 0 Å². The minimum absolute atomic E-state index is 0.370. The lowest BCUT2D eigenvalue weighted by Gasteiger charge is -2.18. The zero-order valence-electron chi connectivity index (χ0n) is 8.57. The first-order valence-electron chi connectivity index (χ1n) is 4.60. The highest BCUT2D eigenvalue weighted by atomic mass is 79.9. The Kier molecular flexibility index (Phi) is 4.76. The summed E-state index contributed by atoms with van der Waals surface area (Å²) in [6.45, 7) is 1.85. The van der Waals surface area contributed by atoms with E-state index in [1.54, 1.807) is 0 Å². The molecule has 1 aromatic heterocycles. The average molecular weight is 293 g/mol. The molecule has 0 spiro atoms. The van der Waals surface area contributed by atoms with Crippen molar-refractivity contribution in [2.75, 3.05) is 7.11 Å². The van der Waals surface area contributed by atoms with E-state index in [1.807, 2.05) is 18.4 Å². The zero-order chi connectivity index (χ0) is 11.4. The Morgan fingerprint density at radius 1 is 1.73 bits per heavy atom. The van der Waals surface area contributed by atoms with Crippen molar-refractivity contribution < 1.29 is 14.6 Å². The zero-order valence-corrected chi connectivity index (χ0v) is 11.0. The van der Waals surface area contributed by atoms with Crippen LogP contribution in [0.4, 0.5) is 0 Å². The van der Waals surface area contributed by atoms with Crippen LogP contribution >= 0.6 is 27.3 Å². The maximum atomic E-state index is 11.4. The number of rotatable bonds is 4. The molecule has 0 fully saturated rings. The van der Waals surface area contributed by atoms with Crippen LogP contribution in [0.3, 0.4) is 0 Å². The van der Waals surface area contributed by atoms with Crippen LogP contribution < -0.4 is 0 Å². The van der Waals surface area contributed by atoms with Crippen LogP contribution in [-0.2, 0) is 9.53 Å². The van der Waals surface area contributed by atoms with E-state index in [-0.39, 0.29) is 5.97 Å². The van der Waals surface area contributed by atoms with Crippen LogP contribution in [-0.4, -0.2) is 18.2 Å². The van der Waals surface area contributed by atoms with Gasteiger partial charge in [-0.3, -0.25) is 4.79 Å². The lowest BCUT2D eigenvalue weighted by Crippen LogP contribution is -2.22. The Morgan fingerprint density at radius 2 is 2.40 bits per heavy atom. The summed E-state index contributed by atoms with van der Waals surface area (Å²) in [6.07, 6.45) is -0.241. The van der Waals surface area contributed by atoms with Crippen LogP contribution in [0.15, 0.2) is 15.9 Å². The van der Waals surface area contributed by atoms with Gasteiger partial charge in [0.2, 0.25) is 0 Å². The molecule has 0 amide bonds. The van der Waals surface area contributed by atoms with Crippen molar-refractivity contribution >= 4 is 33.2 Å². The molecule has 15 heavy (non-hydrogen) atoms. The maximum Gasteiger partial charge on any atom is 0.311 e. The molecule has 0 aliphatic carbocycles. The van der Waals surface area contributed by atoms with Gasteiger partial charge in [-0.15, -0.1) is 11.3 Å². The molecule has 5 heteroatoms. The van der Waals surface area contributed by atoms with Crippen LogP contribution in [0, 0.1) is 5.92 Å². The SMILES string of the molecule is CCC(C(=O)OC)C(O)c1sccc1Br. The van der Waals surface area contributed by atoms with E-state index in [1.165, 1.54) is 18.4 Å². The first-order chi connectivity index (χ1) is 7.11. The molecule has 84 valence electrons. The first kappa shape index (κ1) is 12.7. The summed E-state index contributed by atoms with van der Waals surface area (Å²) in [5.41, 5.74) is 0. The van der Waals surface area contributed by atoms with Gasteiger partial charge in [0.25, 0.3) is 0 Å². The Morgan fingerprint density at radius 3 is 2.80 bits per heavy atom. The molecule has 0 aliphatic rings. The van der Waals surface area contributed by atoms with Crippen LogP contribution in [0.5, 0.6) is 0 Å². The molecule has 1 N–H and O–H groups in total. The molecule has 1 aromatic rings. The summed E-state index contributed by atoms with van der Waals surface area (Å²) in [4.78, 5) is 12.2. The molecular formula is C10H13BrO3S. The van der Waals surface area contributed by atoms with E-state index in [0.717, 1.165) is 9.35 Å². The largest absolute Gasteiger partial charge is 0.469 e. The highest BCUT2D eigenvalue weighted by Crippen LogP contribution is 2.34. The van der Waals surface area contributed by atoms with Gasteiger partial charge < -0.3 is 9.84 Å². The second-order valence-electron chi connectivity index (χ2n) is 3.12. The van der Waals surface area contributed by atoms with E-state index < -0.39 is 12.0 Å². The molecule has 1 heterocycles. The number of ether oxygens (including phenoxy) is 1. The number of hydrogen-bond donors (Lipinski definition) is 1. The van der Waals surface area contributed by atoms with E-state index in [9.17, 15) is 9.90 Å². The van der Waals surface area contributed by atoms with Crippen molar-refractivity contribution in [3.63, 3.8) is 0 Å². The van der Waals surface area contributed by atoms with E-state index in [4.69, 9.17) is 0 Å². The lowest BCUT2D eigenvalue weighted by atomic mass is 9.98. The minimum atomic E-state index is -0.795. The number of thiophene rings is 1. The first-order valence-corrected chi connectivity index (χ1v) is 6.27. The molecule has 0 radical (unpaired) electrons. The van der Waals surface area contributed by atoms with Crippen LogP contribution in [0.25, 0.3) is 0 Å². The normalized spacial score (nSPS) is 14.7. The second-order valence-corrected chi connectivity index (χ2v) is 4.92. The van der Waals surface area contributed by atoms with Crippen molar-refractivity contribution in [1.29, 1.82) is 0 Å². The van der Waals surface area contributed by atoms with Crippen LogP contribution in [0.2, 0.25) is 0 Å². The standard InChI is InChI=1S/C10H13BrO3S/c1-3-6(10(13)14-2)8(12)9-7(11)4-5-15-9/h4-6,8,12H,3H2,1-2H3. The fraction of sp³-hybridized carbons (Fsp3) is 0.500. The highest BCUT2D eigenvalue weighted by molar-refractivity contribution is 9.10. The Hall–Kier alpha value is -0.390. The van der Waals surface area contributed by atoms with E-state index in [0.29, 0.717) is 6.42 Å². The lowest BCUT2D eigenvalue weighted by molar-refractivity contribution is -0.149. The van der Waals surface area contributed by atoms with Gasteiger partial charge in [0.1, 0.15) is 6.10 Å². The van der Waals surface area contributed by atoms with Crippen molar-refractivity contribution in [1.82, 2.24) is 0 Å². The smallest absolute Gasteiger partial charge is 0.311 e. The highest BCUT2D eigenvalue weighted by Gasteiger charge is 2.29. The van der Waals surface area contributed by atoms with Gasteiger partial charge >= 0.3 is 5.97 Å². The molecule has 0 aliphatic heterocycles. The molecule has 2 unspecified atom stereocenters. The van der Waals surface area contributed by atoms with E-state index >= 15 is 0 Å². The number of hydrogen-bond acceptors (Lipinski definition) is 4. The predicted octanol–water partition coefficient (Wildman–Crippen LogP) is 2.74. The number of esters is 1. The topological polar surface area (TPSA) is 46.5 Å². The quantitative estimate of drug-likeness (QED) is 0.868. The molecule has 3 nitrogen and oxygen atoms in total. The third-order valence-corrected chi connectivity index (χ3v) is 4.18. The third kappa shape index (κ3) is 2.80. The summed E-state index contributed by atoms with van der Waals surface area (Å²) < 4.78 is 5.49. The van der Waals surface area contributed by atoms with Gasteiger partial charge in [-0.1, -0.05) is 6.92 Å². The van der Waals surface area contributed by atoms with Gasteiger partial charge in [0.15, 0.2) is 0 Å². The second kappa shape index (κ2) is 5.63. The van der Waals surface area contributed by atoms with Crippen molar-refractivity contribution in [2.45, 2.75) is 19.4 Å². The fourth-order valence-electron chi connectivity index (χ4n) is 1.37. The number of aliphatic hydroxyl groups is 1. The maximum absolute atomic E-state index is 11.4. The molecule has 0 bridgehead atoms. The van der Waals surface area contributed by atoms with Gasteiger partial charge in [0, 0.05) is 9.35 Å². The van der Waals surface area contributed by atoms with Crippen molar-refractivity contribution in [2.24, 2.45) is 5.92 Å². The van der Waals surface area contributed by atoms with Crippen molar-refractivity contribution in [3.8, 4) is 0 Å². The van der Waals surface area contributed by atoms with Crippen LogP contribution in [0.1, 0.15) is 24.3 Å². The third-order valence-electron chi connectivity index (χ3n) is 2.24. The molecule has 2 atom stereocenters.